The average molecular weight is 318 g/mol. The number of hydrogen-bond acceptors (Lipinski definition) is 5. The van der Waals surface area contributed by atoms with Crippen molar-refractivity contribution in [3.8, 4) is 0 Å². The second-order valence-electron chi connectivity index (χ2n) is 6.07. The quantitative estimate of drug-likeness (QED) is 0.934. The topological polar surface area (TPSA) is 62.5 Å². The Balaban J connectivity index is 1.89. The summed E-state index contributed by atoms with van der Waals surface area (Å²) in [5, 5.41) is 1.13. The van der Waals surface area contributed by atoms with Crippen LogP contribution in [-0.4, -0.2) is 52.9 Å². The Morgan fingerprint density at radius 3 is 2.86 bits per heavy atom. The summed E-state index contributed by atoms with van der Waals surface area (Å²) in [6, 6.07) is 8.91. The van der Waals surface area contributed by atoms with E-state index in [1.807, 2.05) is 12.1 Å². The first-order valence-electron chi connectivity index (χ1n) is 7.66. The van der Waals surface area contributed by atoms with Gasteiger partial charge in [-0.3, -0.25) is 14.6 Å². The molecule has 118 valence electrons. The molecule has 0 radical (unpaired) electrons. The van der Waals surface area contributed by atoms with Gasteiger partial charge in [0.15, 0.2) is 0 Å². The Kier molecular flexibility index (Phi) is 4.42. The first kappa shape index (κ1) is 15.4. The molecule has 0 aliphatic carbocycles. The minimum atomic E-state index is -0.263. The number of amides is 1. The highest BCUT2D eigenvalue weighted by Crippen LogP contribution is 2.33. The zero-order chi connectivity index (χ0) is 15.7. The summed E-state index contributed by atoms with van der Waals surface area (Å²) in [4.78, 5) is 20.6. The standard InChI is InChI=1S/C16H22N4OS/c1-11(2)20-8-7-19(10-15(17)21)9-13(20)16-18-12-5-3-4-6-14(12)22-16/h3-6,11,13H,7-10H2,1-2H3,(H2,17,21). The van der Waals surface area contributed by atoms with Crippen molar-refractivity contribution in [2.45, 2.75) is 25.9 Å². The molecule has 6 heteroatoms. The molecular weight excluding hydrogens is 296 g/mol. The van der Waals surface area contributed by atoms with Crippen molar-refractivity contribution < 1.29 is 4.79 Å². The smallest absolute Gasteiger partial charge is 0.231 e. The predicted octanol–water partition coefficient (Wildman–Crippen LogP) is 1.85. The number of nitrogens with two attached hydrogens (primary N) is 1. The number of fused-ring (bicyclic) bond motifs is 1. The molecule has 2 aromatic rings. The summed E-state index contributed by atoms with van der Waals surface area (Å²) in [6.45, 7) is 7.37. The zero-order valence-corrected chi connectivity index (χ0v) is 13.8. The van der Waals surface area contributed by atoms with Gasteiger partial charge in [-0.15, -0.1) is 11.3 Å². The van der Waals surface area contributed by atoms with Gasteiger partial charge in [-0.25, -0.2) is 4.98 Å². The number of rotatable bonds is 4. The molecule has 0 bridgehead atoms. The van der Waals surface area contributed by atoms with Crippen LogP contribution in [0.15, 0.2) is 24.3 Å². The maximum Gasteiger partial charge on any atom is 0.231 e. The molecule has 1 aliphatic rings. The summed E-state index contributed by atoms with van der Waals surface area (Å²) < 4.78 is 1.22. The lowest BCUT2D eigenvalue weighted by atomic mass is 10.1. The SMILES string of the molecule is CC(C)N1CCN(CC(N)=O)CC1c1nc2ccccc2s1. The molecular formula is C16H22N4OS. The number of nitrogens with zero attached hydrogens (tertiary/aromatic N) is 3. The molecule has 1 saturated heterocycles. The lowest BCUT2D eigenvalue weighted by Gasteiger charge is -2.42. The summed E-state index contributed by atoms with van der Waals surface area (Å²) in [6.07, 6.45) is 0. The number of primary amides is 1. The van der Waals surface area contributed by atoms with Crippen LogP contribution in [0.25, 0.3) is 10.2 Å². The van der Waals surface area contributed by atoms with Crippen molar-refractivity contribution >= 4 is 27.5 Å². The molecule has 2 N–H and O–H groups in total. The van der Waals surface area contributed by atoms with E-state index >= 15 is 0 Å². The van der Waals surface area contributed by atoms with E-state index in [1.165, 1.54) is 4.70 Å². The zero-order valence-electron chi connectivity index (χ0n) is 13.0. The minimum Gasteiger partial charge on any atom is -0.369 e. The highest BCUT2D eigenvalue weighted by molar-refractivity contribution is 7.18. The Morgan fingerprint density at radius 2 is 2.18 bits per heavy atom. The third kappa shape index (κ3) is 3.14. The number of benzene rings is 1. The number of thiazole rings is 1. The fourth-order valence-electron chi connectivity index (χ4n) is 3.09. The summed E-state index contributed by atoms with van der Waals surface area (Å²) >= 11 is 1.75. The van der Waals surface area contributed by atoms with Crippen LogP contribution in [0.5, 0.6) is 0 Å². The fourth-order valence-corrected chi connectivity index (χ4v) is 4.17. The van der Waals surface area contributed by atoms with Crippen molar-refractivity contribution in [1.82, 2.24) is 14.8 Å². The molecule has 1 unspecified atom stereocenters. The van der Waals surface area contributed by atoms with Crippen LogP contribution < -0.4 is 5.73 Å². The number of hydrogen-bond donors (Lipinski definition) is 1. The summed E-state index contributed by atoms with van der Waals surface area (Å²) in [5.74, 6) is -0.263. The van der Waals surface area contributed by atoms with Crippen LogP contribution in [0.3, 0.4) is 0 Å². The van der Waals surface area contributed by atoms with E-state index in [-0.39, 0.29) is 11.9 Å². The number of carbonyl (C=O) groups excluding carboxylic acids is 1. The molecule has 1 amide bonds. The fraction of sp³-hybridized carbons (Fsp3) is 0.500. The number of aromatic nitrogens is 1. The predicted molar refractivity (Wildman–Crippen MR) is 89.8 cm³/mol. The van der Waals surface area contributed by atoms with Gasteiger partial charge in [0, 0.05) is 25.7 Å². The van der Waals surface area contributed by atoms with Crippen LogP contribution in [0.2, 0.25) is 0 Å². The maximum atomic E-state index is 11.2. The summed E-state index contributed by atoms with van der Waals surface area (Å²) in [7, 11) is 0. The van der Waals surface area contributed by atoms with Gasteiger partial charge < -0.3 is 5.73 Å². The molecule has 22 heavy (non-hydrogen) atoms. The third-order valence-corrected chi connectivity index (χ3v) is 5.28. The maximum absolute atomic E-state index is 11.2. The Morgan fingerprint density at radius 1 is 1.41 bits per heavy atom. The first-order valence-corrected chi connectivity index (χ1v) is 8.48. The Labute approximate surface area is 134 Å². The average Bonchev–Trinajstić information content (AvgIpc) is 2.90. The number of para-hydroxylation sites is 1. The molecule has 1 fully saturated rings. The van der Waals surface area contributed by atoms with Crippen molar-refractivity contribution in [2.75, 3.05) is 26.2 Å². The van der Waals surface area contributed by atoms with Gasteiger partial charge in [-0.2, -0.15) is 0 Å². The minimum absolute atomic E-state index is 0.227. The lowest BCUT2D eigenvalue weighted by molar-refractivity contribution is -0.120. The summed E-state index contributed by atoms with van der Waals surface area (Å²) in [5.41, 5.74) is 6.41. The second kappa shape index (κ2) is 6.32. The normalized spacial score (nSPS) is 20.8. The molecule has 2 heterocycles. The first-order chi connectivity index (χ1) is 10.5. The number of piperazine rings is 1. The van der Waals surface area contributed by atoms with Crippen molar-refractivity contribution in [1.29, 1.82) is 0 Å². The highest BCUT2D eigenvalue weighted by atomic mass is 32.1. The van der Waals surface area contributed by atoms with Gasteiger partial charge in [0.25, 0.3) is 0 Å². The highest BCUT2D eigenvalue weighted by Gasteiger charge is 2.32. The lowest BCUT2D eigenvalue weighted by Crippen LogP contribution is -2.52. The van der Waals surface area contributed by atoms with Crippen molar-refractivity contribution in [3.63, 3.8) is 0 Å². The van der Waals surface area contributed by atoms with Gasteiger partial charge in [0.2, 0.25) is 5.91 Å². The van der Waals surface area contributed by atoms with Gasteiger partial charge in [0.1, 0.15) is 5.01 Å². The van der Waals surface area contributed by atoms with E-state index in [2.05, 4.69) is 35.8 Å². The van der Waals surface area contributed by atoms with E-state index in [9.17, 15) is 4.79 Å². The van der Waals surface area contributed by atoms with Crippen LogP contribution >= 0.6 is 11.3 Å². The van der Waals surface area contributed by atoms with Gasteiger partial charge in [-0.1, -0.05) is 12.1 Å². The van der Waals surface area contributed by atoms with Crippen LogP contribution in [0.1, 0.15) is 24.9 Å². The molecule has 1 aromatic heterocycles. The molecule has 5 nitrogen and oxygen atoms in total. The molecule has 0 spiro atoms. The van der Waals surface area contributed by atoms with Crippen molar-refractivity contribution in [3.05, 3.63) is 29.3 Å². The van der Waals surface area contributed by atoms with Crippen LogP contribution in [-0.2, 0) is 4.79 Å². The largest absolute Gasteiger partial charge is 0.369 e. The molecule has 3 rings (SSSR count). The van der Waals surface area contributed by atoms with E-state index in [1.54, 1.807) is 11.3 Å². The van der Waals surface area contributed by atoms with E-state index in [0.29, 0.717) is 12.6 Å². The Bertz CT molecular complexity index is 636. The van der Waals surface area contributed by atoms with Gasteiger partial charge >= 0.3 is 0 Å². The third-order valence-electron chi connectivity index (χ3n) is 4.14. The second-order valence-corrected chi connectivity index (χ2v) is 7.13. The monoisotopic (exact) mass is 318 g/mol. The molecule has 1 aromatic carbocycles. The molecule has 0 saturated carbocycles. The van der Waals surface area contributed by atoms with Crippen LogP contribution in [0.4, 0.5) is 0 Å². The van der Waals surface area contributed by atoms with Gasteiger partial charge in [-0.05, 0) is 26.0 Å². The van der Waals surface area contributed by atoms with E-state index in [4.69, 9.17) is 10.7 Å². The van der Waals surface area contributed by atoms with E-state index in [0.717, 1.165) is 30.2 Å². The van der Waals surface area contributed by atoms with Crippen molar-refractivity contribution in [2.24, 2.45) is 5.73 Å². The van der Waals surface area contributed by atoms with Gasteiger partial charge in [0.05, 0.1) is 22.8 Å². The molecule has 1 aliphatic heterocycles. The van der Waals surface area contributed by atoms with E-state index < -0.39 is 0 Å². The van der Waals surface area contributed by atoms with Crippen LogP contribution in [0, 0.1) is 0 Å². The number of carbonyl (C=O) groups is 1. The Hall–Kier alpha value is -1.50. The molecule has 1 atom stereocenters.